The Labute approximate surface area is 322 Å². The van der Waals surface area contributed by atoms with E-state index >= 15 is 0 Å². The van der Waals surface area contributed by atoms with Crippen molar-refractivity contribution >= 4 is 5.97 Å². The first-order chi connectivity index (χ1) is 24.9. The minimum Gasteiger partial charge on any atom is -0.462 e. The highest BCUT2D eigenvalue weighted by Gasteiger charge is 2.62. The average molecular weight is 713 g/mol. The molecular formula is C50H80O2. The molecule has 2 fully saturated rings. The Hall–Kier alpha value is -2.09. The summed E-state index contributed by atoms with van der Waals surface area (Å²) in [7, 11) is 0. The first-order valence-electron chi connectivity index (χ1n) is 22.1. The fourth-order valence-electron chi connectivity index (χ4n) is 11.5. The normalized spacial score (nSPS) is 32.6. The second-order valence-electron chi connectivity index (χ2n) is 18.7. The van der Waals surface area contributed by atoms with E-state index in [4.69, 9.17) is 4.74 Å². The van der Waals surface area contributed by atoms with Crippen molar-refractivity contribution < 1.29 is 9.53 Å². The molecule has 0 aliphatic heterocycles. The van der Waals surface area contributed by atoms with Crippen LogP contribution in [0, 0.1) is 45.8 Å². The SMILES string of the molecule is C=C(CC[C@@H](C)[C@H]1CC[C@@]2(C)C3=C(CC[C@]12C)[C@@]1(C)CC[C@H](OC(=O)CCC/C=C\C/C=C\C/C=C\C/C=C\CCCCC)[C@@H](C)C1CC3)C(C)C. The summed E-state index contributed by atoms with van der Waals surface area (Å²) < 4.78 is 6.26. The van der Waals surface area contributed by atoms with Crippen molar-refractivity contribution in [3.8, 4) is 0 Å². The minimum absolute atomic E-state index is 0.0103. The number of carbonyl (C=O) groups is 1. The van der Waals surface area contributed by atoms with Crippen molar-refractivity contribution in [1.82, 2.24) is 0 Å². The van der Waals surface area contributed by atoms with Gasteiger partial charge in [-0.2, -0.15) is 0 Å². The molecule has 0 amide bonds. The average Bonchev–Trinajstić information content (AvgIpc) is 3.40. The zero-order valence-electron chi connectivity index (χ0n) is 35.2. The number of hydrogen-bond acceptors (Lipinski definition) is 2. The lowest BCUT2D eigenvalue weighted by molar-refractivity contribution is -0.158. The second kappa shape index (κ2) is 20.0. The van der Waals surface area contributed by atoms with Crippen LogP contribution in [0.5, 0.6) is 0 Å². The van der Waals surface area contributed by atoms with Crippen LogP contribution in [0.15, 0.2) is 71.9 Å². The predicted octanol–water partition coefficient (Wildman–Crippen LogP) is 15.0. The van der Waals surface area contributed by atoms with Crippen LogP contribution >= 0.6 is 0 Å². The largest absolute Gasteiger partial charge is 0.462 e. The summed E-state index contributed by atoms with van der Waals surface area (Å²) in [5.41, 5.74) is 6.12. The molecule has 4 aliphatic rings. The first-order valence-corrected chi connectivity index (χ1v) is 22.1. The van der Waals surface area contributed by atoms with E-state index < -0.39 is 0 Å². The Morgan fingerprint density at radius 2 is 1.42 bits per heavy atom. The predicted molar refractivity (Wildman–Crippen MR) is 225 cm³/mol. The van der Waals surface area contributed by atoms with Gasteiger partial charge in [0.2, 0.25) is 0 Å². The van der Waals surface area contributed by atoms with Gasteiger partial charge in [-0.3, -0.25) is 4.79 Å². The molecule has 2 nitrogen and oxygen atoms in total. The molecule has 0 radical (unpaired) electrons. The number of ether oxygens (including phenoxy) is 1. The molecule has 0 spiro atoms. The standard InChI is InChI=1S/C50H80O2/c1-10-11-12-13-14-15-16-17-18-19-20-21-22-23-24-25-26-27-47(51)52-46-34-35-48(7)43(41(46)6)30-31-45-44(48)33-37-49(8)42(32-36-50(45,49)9)40(5)29-28-39(4)38(2)3/h14-15,17-18,20-21,23-24,38,40-43,46H,4,10-13,16,19,22,25-37H2,1-3,5-9H3/b15-14-,18-17-,21-20-,24-23-/t40-,41+,42-,43?,46+,48+,49-,50+/m1/s1. The van der Waals surface area contributed by atoms with Crippen LogP contribution < -0.4 is 0 Å². The van der Waals surface area contributed by atoms with E-state index in [0.29, 0.717) is 35.0 Å². The molecule has 0 saturated heterocycles. The highest BCUT2D eigenvalue weighted by Crippen LogP contribution is 2.71. The first kappa shape index (κ1) is 42.6. The van der Waals surface area contributed by atoms with Gasteiger partial charge < -0.3 is 4.74 Å². The molecule has 0 aromatic rings. The summed E-state index contributed by atoms with van der Waals surface area (Å²) in [6.45, 7) is 24.1. The van der Waals surface area contributed by atoms with E-state index in [1.165, 1.54) is 89.0 Å². The number of esters is 1. The van der Waals surface area contributed by atoms with Crippen LogP contribution in [0.4, 0.5) is 0 Å². The van der Waals surface area contributed by atoms with Gasteiger partial charge in [-0.15, -0.1) is 0 Å². The molecule has 2 heteroatoms. The molecule has 0 aromatic heterocycles. The van der Waals surface area contributed by atoms with Crippen molar-refractivity contribution in [3.63, 3.8) is 0 Å². The van der Waals surface area contributed by atoms with Crippen LogP contribution in [-0.2, 0) is 9.53 Å². The minimum atomic E-state index is 0.0103. The summed E-state index contributed by atoms with van der Waals surface area (Å²) in [6.07, 6.45) is 41.2. The lowest BCUT2D eigenvalue weighted by atomic mass is 9.45. The molecular weight excluding hydrogens is 633 g/mol. The Morgan fingerprint density at radius 3 is 2.06 bits per heavy atom. The van der Waals surface area contributed by atoms with E-state index in [-0.39, 0.29) is 17.5 Å². The Balaban J connectivity index is 1.20. The molecule has 0 heterocycles. The topological polar surface area (TPSA) is 26.3 Å². The summed E-state index contributed by atoms with van der Waals surface area (Å²) in [5.74, 6) is 3.22. The molecule has 8 atom stereocenters. The van der Waals surface area contributed by atoms with Gasteiger partial charge in [0.15, 0.2) is 0 Å². The fraction of sp³-hybridized carbons (Fsp3) is 0.740. The molecule has 0 bridgehead atoms. The number of rotatable bonds is 20. The van der Waals surface area contributed by atoms with E-state index in [1.807, 2.05) is 11.1 Å². The highest BCUT2D eigenvalue weighted by atomic mass is 16.5. The summed E-state index contributed by atoms with van der Waals surface area (Å²) in [6, 6.07) is 0. The van der Waals surface area contributed by atoms with Crippen molar-refractivity contribution in [3.05, 3.63) is 71.9 Å². The smallest absolute Gasteiger partial charge is 0.306 e. The molecule has 1 unspecified atom stereocenters. The lowest BCUT2D eigenvalue weighted by Crippen LogP contribution is -2.52. The van der Waals surface area contributed by atoms with Crippen LogP contribution in [0.2, 0.25) is 0 Å². The molecule has 2 saturated carbocycles. The van der Waals surface area contributed by atoms with Gasteiger partial charge in [0.05, 0.1) is 0 Å². The summed E-state index contributed by atoms with van der Waals surface area (Å²) >= 11 is 0. The van der Waals surface area contributed by atoms with E-state index in [2.05, 4.69) is 111 Å². The number of fused-ring (bicyclic) bond motifs is 4. The van der Waals surface area contributed by atoms with E-state index in [9.17, 15) is 4.79 Å². The Morgan fingerprint density at radius 1 is 0.788 bits per heavy atom. The molecule has 52 heavy (non-hydrogen) atoms. The highest BCUT2D eigenvalue weighted by molar-refractivity contribution is 5.69. The lowest BCUT2D eigenvalue weighted by Gasteiger charge is -2.60. The number of hydrogen-bond donors (Lipinski definition) is 0. The van der Waals surface area contributed by atoms with Gasteiger partial charge >= 0.3 is 5.97 Å². The maximum atomic E-state index is 13.0. The third-order valence-corrected chi connectivity index (χ3v) is 15.3. The third-order valence-electron chi connectivity index (χ3n) is 15.3. The van der Waals surface area contributed by atoms with Crippen LogP contribution in [0.3, 0.4) is 0 Å². The summed E-state index contributed by atoms with van der Waals surface area (Å²) in [5, 5.41) is 0. The van der Waals surface area contributed by atoms with Crippen molar-refractivity contribution in [2.75, 3.05) is 0 Å². The fourth-order valence-corrected chi connectivity index (χ4v) is 11.5. The van der Waals surface area contributed by atoms with Gasteiger partial charge in [-0.25, -0.2) is 0 Å². The van der Waals surface area contributed by atoms with Gasteiger partial charge in [0.25, 0.3) is 0 Å². The zero-order valence-corrected chi connectivity index (χ0v) is 35.2. The Kier molecular flexibility index (Phi) is 16.4. The van der Waals surface area contributed by atoms with Gasteiger partial charge in [0, 0.05) is 6.42 Å². The van der Waals surface area contributed by atoms with Crippen LogP contribution in [0.1, 0.15) is 184 Å². The third kappa shape index (κ3) is 10.2. The van der Waals surface area contributed by atoms with Crippen LogP contribution in [0.25, 0.3) is 0 Å². The maximum Gasteiger partial charge on any atom is 0.306 e. The van der Waals surface area contributed by atoms with E-state index in [0.717, 1.165) is 50.4 Å². The van der Waals surface area contributed by atoms with Gasteiger partial charge in [-0.1, -0.05) is 140 Å². The number of unbranched alkanes of at least 4 members (excludes halogenated alkanes) is 4. The monoisotopic (exact) mass is 713 g/mol. The van der Waals surface area contributed by atoms with Crippen molar-refractivity contribution in [2.24, 2.45) is 45.8 Å². The van der Waals surface area contributed by atoms with Gasteiger partial charge in [0.1, 0.15) is 6.10 Å². The number of carbonyl (C=O) groups excluding carboxylic acids is 1. The van der Waals surface area contributed by atoms with Crippen molar-refractivity contribution in [2.45, 2.75) is 190 Å². The van der Waals surface area contributed by atoms with Crippen molar-refractivity contribution in [1.29, 1.82) is 0 Å². The van der Waals surface area contributed by atoms with Gasteiger partial charge in [-0.05, 0) is 155 Å². The molecule has 4 rings (SSSR count). The summed E-state index contributed by atoms with van der Waals surface area (Å²) in [4.78, 5) is 13.0. The quantitative estimate of drug-likeness (QED) is 0.0713. The molecule has 0 aromatic carbocycles. The molecule has 0 N–H and O–H groups in total. The maximum absolute atomic E-state index is 13.0. The number of allylic oxidation sites excluding steroid dienone is 11. The van der Waals surface area contributed by atoms with Crippen LogP contribution in [-0.4, -0.2) is 12.1 Å². The Bertz CT molecular complexity index is 1310. The molecule has 292 valence electrons. The molecule has 4 aliphatic carbocycles. The van der Waals surface area contributed by atoms with E-state index in [1.54, 1.807) is 0 Å². The zero-order chi connectivity index (χ0) is 37.8. The second-order valence-corrected chi connectivity index (χ2v) is 18.7.